The fourth-order valence-corrected chi connectivity index (χ4v) is 6.02. The topological polar surface area (TPSA) is 226 Å². The monoisotopic (exact) mass is 706 g/mol. The second-order valence-corrected chi connectivity index (χ2v) is 12.2. The second kappa shape index (κ2) is 15.1. The summed E-state index contributed by atoms with van der Waals surface area (Å²) in [6.07, 6.45) is -12.4. The highest BCUT2D eigenvalue weighted by Gasteiger charge is 2.53. The SMILES string of the molecule is CC(=O)Nc1cc(CO[C@@H]2O[C@H](Cn3cnc([N+](=O)[O-])c3)[C@@H](O[C@H]3O[C@@H]4COC(c5ccccc5)O[C@H]4[C@H](O)[C@H]3O)[C@H](O)[C@H]2O)ccc1Cl. The number of ether oxygens (including phenoxy) is 6. The standard InChI is InChI=1S/C31H35ClN4O13/c1-15(37)34-19-9-16(7-8-18(19)32)12-44-30-25(40)23(38)27(20(46-30)10-35-11-22(33-14-35)36(42)43)49-31-26(41)24(39)28-21(47-31)13-45-29(48-28)17-5-3-2-4-6-17/h2-9,11,14,20-21,23-31,38-41H,10,12-13H2,1H3,(H,34,37)/t20-,21-,23-,24-,25-,26-,27-,28-,29?,30-,31-/m1/s1. The smallest absolute Gasteiger partial charge is 0.381 e. The second-order valence-electron chi connectivity index (χ2n) is 11.8. The maximum absolute atomic E-state index is 11.5. The number of hydrogen-bond acceptors (Lipinski definition) is 14. The number of fused-ring (bicyclic) bond motifs is 1. The molecule has 0 bridgehead atoms. The number of nitro groups is 1. The van der Waals surface area contributed by atoms with Crippen LogP contribution in [0.3, 0.4) is 0 Å². The Labute approximate surface area is 284 Å². The average molecular weight is 707 g/mol. The van der Waals surface area contributed by atoms with Crippen LogP contribution in [0.4, 0.5) is 11.5 Å². The molecule has 0 saturated carbocycles. The lowest BCUT2D eigenvalue weighted by Crippen LogP contribution is -2.65. The van der Waals surface area contributed by atoms with Gasteiger partial charge in [-0.2, -0.15) is 0 Å². The third-order valence-corrected chi connectivity index (χ3v) is 8.62. The van der Waals surface area contributed by atoms with E-state index in [4.69, 9.17) is 40.0 Å². The first-order chi connectivity index (χ1) is 23.5. The molecule has 49 heavy (non-hydrogen) atoms. The summed E-state index contributed by atoms with van der Waals surface area (Å²) < 4.78 is 36.9. The minimum atomic E-state index is -1.70. The van der Waals surface area contributed by atoms with Crippen molar-refractivity contribution in [2.75, 3.05) is 11.9 Å². The number of amides is 1. The van der Waals surface area contributed by atoms with Crippen molar-refractivity contribution in [3.05, 3.63) is 87.3 Å². The van der Waals surface area contributed by atoms with E-state index in [1.54, 1.807) is 30.3 Å². The largest absolute Gasteiger partial charge is 0.387 e. The molecule has 3 fully saturated rings. The number of nitrogens with zero attached hydrogens (tertiary/aromatic N) is 3. The van der Waals surface area contributed by atoms with Crippen LogP contribution in [0.25, 0.3) is 0 Å². The van der Waals surface area contributed by atoms with Crippen LogP contribution < -0.4 is 5.32 Å². The van der Waals surface area contributed by atoms with Crippen molar-refractivity contribution in [2.24, 2.45) is 0 Å². The molecule has 0 aliphatic carbocycles. The maximum Gasteiger partial charge on any atom is 0.381 e. The van der Waals surface area contributed by atoms with Crippen molar-refractivity contribution in [3.8, 4) is 0 Å². The molecule has 3 saturated heterocycles. The van der Waals surface area contributed by atoms with Gasteiger partial charge in [-0.1, -0.05) is 48.0 Å². The number of anilines is 1. The van der Waals surface area contributed by atoms with Gasteiger partial charge in [0.25, 0.3) is 0 Å². The minimum Gasteiger partial charge on any atom is -0.387 e. The van der Waals surface area contributed by atoms with E-state index < -0.39 is 78.4 Å². The molecule has 11 atom stereocenters. The Morgan fingerprint density at radius 1 is 1.06 bits per heavy atom. The molecule has 6 rings (SSSR count). The molecule has 2 aromatic carbocycles. The Balaban J connectivity index is 1.17. The first kappa shape index (κ1) is 35.2. The average Bonchev–Trinajstić information content (AvgIpc) is 3.56. The van der Waals surface area contributed by atoms with Gasteiger partial charge in [0.1, 0.15) is 55.0 Å². The van der Waals surface area contributed by atoms with Crippen LogP contribution in [0.15, 0.2) is 61.1 Å². The molecule has 3 aromatic rings. The zero-order chi connectivity index (χ0) is 34.8. The highest BCUT2D eigenvalue weighted by molar-refractivity contribution is 6.33. The number of carbonyl (C=O) groups is 1. The number of carbonyl (C=O) groups excluding carboxylic acids is 1. The van der Waals surface area contributed by atoms with Gasteiger partial charge in [-0.05, 0) is 27.6 Å². The van der Waals surface area contributed by atoms with Crippen LogP contribution >= 0.6 is 11.6 Å². The van der Waals surface area contributed by atoms with Gasteiger partial charge in [-0.3, -0.25) is 4.79 Å². The molecule has 0 radical (unpaired) electrons. The first-order valence-electron chi connectivity index (χ1n) is 15.3. The fourth-order valence-electron chi connectivity index (χ4n) is 5.86. The van der Waals surface area contributed by atoms with Gasteiger partial charge in [0.15, 0.2) is 18.9 Å². The van der Waals surface area contributed by atoms with Gasteiger partial charge >= 0.3 is 5.82 Å². The van der Waals surface area contributed by atoms with Crippen LogP contribution in [0.1, 0.15) is 24.3 Å². The molecule has 3 aliphatic rings. The lowest BCUT2D eigenvalue weighted by molar-refractivity contribution is -0.389. The summed E-state index contributed by atoms with van der Waals surface area (Å²) in [5.41, 5.74) is 1.60. The van der Waals surface area contributed by atoms with Crippen molar-refractivity contribution < 1.29 is 58.6 Å². The third-order valence-electron chi connectivity index (χ3n) is 8.29. The van der Waals surface area contributed by atoms with Crippen molar-refractivity contribution in [2.45, 2.75) is 87.8 Å². The van der Waals surface area contributed by atoms with Crippen LogP contribution in [0.5, 0.6) is 0 Å². The summed E-state index contributed by atoms with van der Waals surface area (Å²) in [7, 11) is 0. The van der Waals surface area contributed by atoms with E-state index in [1.807, 2.05) is 18.2 Å². The number of nitrogens with one attached hydrogen (secondary N) is 1. The molecule has 1 amide bonds. The van der Waals surface area contributed by atoms with Crippen LogP contribution in [0.2, 0.25) is 5.02 Å². The molecule has 0 spiro atoms. The summed E-state index contributed by atoms with van der Waals surface area (Å²) in [6.45, 7) is 0.990. The molecule has 264 valence electrons. The first-order valence-corrected chi connectivity index (χ1v) is 15.7. The van der Waals surface area contributed by atoms with Crippen molar-refractivity contribution in [1.82, 2.24) is 9.55 Å². The van der Waals surface area contributed by atoms with Gasteiger partial charge in [0.2, 0.25) is 12.2 Å². The summed E-state index contributed by atoms with van der Waals surface area (Å²) in [6, 6.07) is 13.8. The number of aromatic nitrogens is 2. The van der Waals surface area contributed by atoms with Crippen molar-refractivity contribution >= 4 is 29.0 Å². The van der Waals surface area contributed by atoms with Gasteiger partial charge in [0, 0.05) is 12.5 Å². The number of halogens is 1. The minimum absolute atomic E-state index is 0.0212. The van der Waals surface area contributed by atoms with Gasteiger partial charge < -0.3 is 68.8 Å². The normalized spacial score (nSPS) is 33.1. The highest BCUT2D eigenvalue weighted by Crippen LogP contribution is 2.36. The van der Waals surface area contributed by atoms with E-state index in [1.165, 1.54) is 17.8 Å². The molecule has 4 heterocycles. The van der Waals surface area contributed by atoms with Crippen molar-refractivity contribution in [1.29, 1.82) is 0 Å². The molecule has 18 heteroatoms. The number of rotatable bonds is 10. The molecule has 1 unspecified atom stereocenters. The maximum atomic E-state index is 11.5. The quantitative estimate of drug-likeness (QED) is 0.147. The van der Waals surface area contributed by atoms with E-state index >= 15 is 0 Å². The number of aliphatic hydroxyl groups excluding tert-OH is 4. The van der Waals surface area contributed by atoms with E-state index in [0.717, 1.165) is 6.20 Å². The van der Waals surface area contributed by atoms with E-state index in [-0.39, 0.29) is 25.7 Å². The van der Waals surface area contributed by atoms with Crippen LogP contribution in [0, 0.1) is 10.1 Å². The van der Waals surface area contributed by atoms with Crippen molar-refractivity contribution in [3.63, 3.8) is 0 Å². The molecule has 1 aromatic heterocycles. The number of imidazole rings is 1. The zero-order valence-electron chi connectivity index (χ0n) is 25.9. The van der Waals surface area contributed by atoms with E-state index in [0.29, 0.717) is 21.8 Å². The van der Waals surface area contributed by atoms with Gasteiger partial charge in [0.05, 0.1) is 30.5 Å². The summed E-state index contributed by atoms with van der Waals surface area (Å²) in [5.74, 6) is -0.775. The number of benzene rings is 2. The third kappa shape index (κ3) is 7.92. The lowest BCUT2D eigenvalue weighted by atomic mass is 9.96. The van der Waals surface area contributed by atoms with E-state index in [9.17, 15) is 35.3 Å². The molecule has 3 aliphatic heterocycles. The molecule has 5 N–H and O–H groups in total. The summed E-state index contributed by atoms with van der Waals surface area (Å²) >= 11 is 6.16. The number of aliphatic hydroxyl groups is 4. The Kier molecular flexibility index (Phi) is 10.9. The van der Waals surface area contributed by atoms with Gasteiger partial charge in [-0.25, -0.2) is 0 Å². The fraction of sp³-hybridized carbons (Fsp3) is 0.484. The summed E-state index contributed by atoms with van der Waals surface area (Å²) in [4.78, 5) is 25.9. The molecular formula is C31H35ClN4O13. The Morgan fingerprint density at radius 3 is 2.53 bits per heavy atom. The summed E-state index contributed by atoms with van der Waals surface area (Å²) in [5, 5.41) is 58.7. The molecular weight excluding hydrogens is 672 g/mol. The number of hydrogen-bond donors (Lipinski definition) is 5. The lowest BCUT2D eigenvalue weighted by Gasteiger charge is -2.48. The van der Waals surface area contributed by atoms with Crippen LogP contribution in [-0.4, -0.2) is 109 Å². The zero-order valence-corrected chi connectivity index (χ0v) is 26.7. The predicted octanol–water partition coefficient (Wildman–Crippen LogP) is 1.01. The van der Waals surface area contributed by atoms with E-state index in [2.05, 4.69) is 10.3 Å². The Bertz CT molecular complexity index is 1610. The Hall–Kier alpha value is -3.59. The Morgan fingerprint density at radius 2 is 1.82 bits per heavy atom. The van der Waals surface area contributed by atoms with Gasteiger partial charge in [-0.15, -0.1) is 0 Å². The highest BCUT2D eigenvalue weighted by atomic mass is 35.5. The molecule has 17 nitrogen and oxygen atoms in total. The van der Waals surface area contributed by atoms with Crippen LogP contribution in [-0.2, 0) is 46.4 Å². The predicted molar refractivity (Wildman–Crippen MR) is 166 cm³/mol.